The first-order valence-electron chi connectivity index (χ1n) is 7.78. The van der Waals surface area contributed by atoms with Gasteiger partial charge in [-0.3, -0.25) is 14.5 Å². The van der Waals surface area contributed by atoms with Gasteiger partial charge in [0.15, 0.2) is 0 Å². The predicted octanol–water partition coefficient (Wildman–Crippen LogP) is 1.71. The maximum atomic E-state index is 12.1. The molecule has 8 heteroatoms. The second-order valence-corrected chi connectivity index (χ2v) is 6.90. The van der Waals surface area contributed by atoms with Crippen LogP contribution in [0.3, 0.4) is 0 Å². The number of hydrogen-bond donors (Lipinski definition) is 1. The summed E-state index contributed by atoms with van der Waals surface area (Å²) in [7, 11) is 2.94. The van der Waals surface area contributed by atoms with Gasteiger partial charge >= 0.3 is 6.03 Å². The van der Waals surface area contributed by atoms with Crippen molar-refractivity contribution in [1.82, 2.24) is 20.1 Å². The molecule has 1 N–H and O–H groups in total. The summed E-state index contributed by atoms with van der Waals surface area (Å²) < 4.78 is 0. The molecule has 3 rings (SSSR count). The molecule has 0 spiro atoms. The van der Waals surface area contributed by atoms with Gasteiger partial charge in [0.2, 0.25) is 5.91 Å². The molecule has 4 amide bonds. The molecule has 7 nitrogen and oxygen atoms in total. The van der Waals surface area contributed by atoms with Gasteiger partial charge in [-0.1, -0.05) is 30.3 Å². The van der Waals surface area contributed by atoms with Crippen LogP contribution in [0.2, 0.25) is 0 Å². The summed E-state index contributed by atoms with van der Waals surface area (Å²) in [6, 6.07) is 8.68. The molecule has 0 radical (unpaired) electrons. The number of rotatable bonds is 5. The first-order chi connectivity index (χ1) is 12.0. The molecule has 0 saturated carbocycles. The Labute approximate surface area is 149 Å². The van der Waals surface area contributed by atoms with Gasteiger partial charge in [0.25, 0.3) is 5.91 Å². The van der Waals surface area contributed by atoms with Gasteiger partial charge in [0.05, 0.1) is 13.0 Å². The van der Waals surface area contributed by atoms with Crippen LogP contribution in [0.25, 0.3) is 10.6 Å². The Hall–Kier alpha value is -2.74. The number of carbonyl (C=O) groups is 3. The van der Waals surface area contributed by atoms with E-state index in [1.165, 1.54) is 30.3 Å². The Bertz CT molecular complexity index is 805. The third-order valence-corrected chi connectivity index (χ3v) is 5.13. The average molecular weight is 358 g/mol. The maximum Gasteiger partial charge on any atom is 0.326 e. The van der Waals surface area contributed by atoms with E-state index < -0.39 is 12.1 Å². The van der Waals surface area contributed by atoms with Crippen LogP contribution in [0.5, 0.6) is 0 Å². The van der Waals surface area contributed by atoms with Crippen LogP contribution >= 0.6 is 11.3 Å². The van der Waals surface area contributed by atoms with Gasteiger partial charge in [-0.05, 0) is 0 Å². The number of thiazole rings is 1. The van der Waals surface area contributed by atoms with Crippen molar-refractivity contribution in [3.05, 3.63) is 41.4 Å². The first-order valence-corrected chi connectivity index (χ1v) is 8.60. The minimum Gasteiger partial charge on any atom is -0.351 e. The highest BCUT2D eigenvalue weighted by atomic mass is 32.1. The van der Waals surface area contributed by atoms with E-state index in [0.29, 0.717) is 6.54 Å². The standard InChI is InChI=1S/C17H18N4O3S/c1-20-13(16(23)21(2)17(20)24)8-14(22)18-9-12-10-19-15(25-12)11-6-4-3-5-7-11/h3-7,10,13H,8-9H2,1-2H3,(H,18,22)/t13-/m0/s1. The van der Waals surface area contributed by atoms with E-state index in [1.54, 1.807) is 6.20 Å². The molecule has 1 aliphatic rings. The van der Waals surface area contributed by atoms with Crippen molar-refractivity contribution in [3.8, 4) is 10.6 Å². The van der Waals surface area contributed by atoms with Crippen molar-refractivity contribution >= 4 is 29.2 Å². The largest absolute Gasteiger partial charge is 0.351 e. The molecule has 1 saturated heterocycles. The van der Waals surface area contributed by atoms with Crippen LogP contribution < -0.4 is 5.32 Å². The Balaban J connectivity index is 1.56. The summed E-state index contributed by atoms with van der Waals surface area (Å²) >= 11 is 1.51. The van der Waals surface area contributed by atoms with Gasteiger partial charge in [0, 0.05) is 30.7 Å². The van der Waals surface area contributed by atoms with E-state index in [-0.39, 0.29) is 18.2 Å². The monoisotopic (exact) mass is 358 g/mol. The fourth-order valence-electron chi connectivity index (χ4n) is 2.61. The molecule has 2 heterocycles. The van der Waals surface area contributed by atoms with Gasteiger partial charge < -0.3 is 10.2 Å². The summed E-state index contributed by atoms with van der Waals surface area (Å²) in [5, 5.41) is 3.68. The van der Waals surface area contributed by atoms with E-state index in [9.17, 15) is 14.4 Å². The zero-order chi connectivity index (χ0) is 18.0. The molecule has 1 fully saturated rings. The van der Waals surface area contributed by atoms with Crippen molar-refractivity contribution in [2.45, 2.75) is 19.0 Å². The van der Waals surface area contributed by atoms with Gasteiger partial charge in [-0.25, -0.2) is 9.78 Å². The number of nitrogens with zero attached hydrogens (tertiary/aromatic N) is 3. The second-order valence-electron chi connectivity index (χ2n) is 5.79. The molecule has 0 aliphatic carbocycles. The van der Waals surface area contributed by atoms with Crippen molar-refractivity contribution in [2.24, 2.45) is 0 Å². The number of hydrogen-bond acceptors (Lipinski definition) is 5. The van der Waals surface area contributed by atoms with Crippen molar-refractivity contribution in [3.63, 3.8) is 0 Å². The summed E-state index contributed by atoms with van der Waals surface area (Å²) in [4.78, 5) is 43.4. The van der Waals surface area contributed by atoms with E-state index >= 15 is 0 Å². The second kappa shape index (κ2) is 7.02. The minimum absolute atomic E-state index is 0.0459. The Morgan fingerprint density at radius 1 is 1.24 bits per heavy atom. The SMILES string of the molecule is CN1C(=O)[C@H](CC(=O)NCc2cnc(-c3ccccc3)s2)N(C)C1=O. The van der Waals surface area contributed by atoms with Crippen LogP contribution in [-0.4, -0.2) is 52.8 Å². The molecule has 25 heavy (non-hydrogen) atoms. The Kier molecular flexibility index (Phi) is 4.80. The molecular formula is C17H18N4O3S. The number of urea groups is 1. The van der Waals surface area contributed by atoms with E-state index in [1.807, 2.05) is 30.3 Å². The highest BCUT2D eigenvalue weighted by molar-refractivity contribution is 7.15. The Morgan fingerprint density at radius 2 is 1.96 bits per heavy atom. The molecular weight excluding hydrogens is 340 g/mol. The van der Waals surface area contributed by atoms with Crippen molar-refractivity contribution in [2.75, 3.05) is 14.1 Å². The lowest BCUT2D eigenvalue weighted by molar-refractivity contribution is -0.131. The number of nitrogens with one attached hydrogen (secondary N) is 1. The normalized spacial score (nSPS) is 17.3. The van der Waals surface area contributed by atoms with Crippen LogP contribution in [0.1, 0.15) is 11.3 Å². The molecule has 1 aromatic heterocycles. The van der Waals surface area contributed by atoms with E-state index in [2.05, 4.69) is 10.3 Å². The molecule has 1 aliphatic heterocycles. The first kappa shape index (κ1) is 17.1. The van der Waals surface area contributed by atoms with Crippen molar-refractivity contribution < 1.29 is 14.4 Å². The molecule has 1 atom stereocenters. The Morgan fingerprint density at radius 3 is 2.60 bits per heavy atom. The van der Waals surface area contributed by atoms with E-state index in [4.69, 9.17) is 0 Å². The number of likely N-dealkylation sites (N-methyl/N-ethyl adjacent to an activating group) is 2. The predicted molar refractivity (Wildman–Crippen MR) is 93.7 cm³/mol. The summed E-state index contributed by atoms with van der Waals surface area (Å²) in [5.74, 6) is -0.630. The fourth-order valence-corrected chi connectivity index (χ4v) is 3.47. The van der Waals surface area contributed by atoms with Crippen LogP contribution in [0, 0.1) is 0 Å². The zero-order valence-electron chi connectivity index (χ0n) is 13.9. The summed E-state index contributed by atoms with van der Waals surface area (Å²) in [6.07, 6.45) is 1.69. The molecule has 130 valence electrons. The quantitative estimate of drug-likeness (QED) is 0.825. The third-order valence-electron chi connectivity index (χ3n) is 4.08. The smallest absolute Gasteiger partial charge is 0.326 e. The summed E-state index contributed by atoms with van der Waals surface area (Å²) in [5.41, 5.74) is 1.03. The number of imide groups is 1. The molecule has 2 aromatic rings. The maximum absolute atomic E-state index is 12.1. The molecule has 0 bridgehead atoms. The van der Waals surface area contributed by atoms with Crippen LogP contribution in [-0.2, 0) is 16.1 Å². The average Bonchev–Trinajstić information content (AvgIpc) is 3.17. The van der Waals surface area contributed by atoms with E-state index in [0.717, 1.165) is 20.3 Å². The summed E-state index contributed by atoms with van der Waals surface area (Å²) in [6.45, 7) is 0.345. The zero-order valence-corrected chi connectivity index (χ0v) is 14.7. The number of benzene rings is 1. The highest BCUT2D eigenvalue weighted by Crippen LogP contribution is 2.24. The molecule has 0 unspecified atom stereocenters. The van der Waals surface area contributed by atoms with Crippen LogP contribution in [0.15, 0.2) is 36.5 Å². The minimum atomic E-state index is -0.737. The highest BCUT2D eigenvalue weighted by Gasteiger charge is 2.41. The third kappa shape index (κ3) is 3.53. The lowest BCUT2D eigenvalue weighted by Gasteiger charge is -2.15. The number of carbonyl (C=O) groups excluding carboxylic acids is 3. The topological polar surface area (TPSA) is 82.6 Å². The van der Waals surface area contributed by atoms with Crippen molar-refractivity contribution in [1.29, 1.82) is 0 Å². The lowest BCUT2D eigenvalue weighted by Crippen LogP contribution is -2.37. The van der Waals surface area contributed by atoms with Gasteiger partial charge in [-0.15, -0.1) is 11.3 Å². The number of amides is 4. The van der Waals surface area contributed by atoms with Gasteiger partial charge in [-0.2, -0.15) is 0 Å². The fraction of sp³-hybridized carbons (Fsp3) is 0.294. The van der Waals surface area contributed by atoms with Crippen LogP contribution in [0.4, 0.5) is 4.79 Å². The number of aromatic nitrogens is 1. The lowest BCUT2D eigenvalue weighted by atomic mass is 10.2. The van der Waals surface area contributed by atoms with Gasteiger partial charge in [0.1, 0.15) is 11.0 Å². The molecule has 1 aromatic carbocycles.